The highest BCUT2D eigenvalue weighted by Crippen LogP contribution is 2.30. The zero-order valence-corrected chi connectivity index (χ0v) is 18.5. The van der Waals surface area contributed by atoms with Gasteiger partial charge in [0, 0.05) is 12.2 Å². The highest BCUT2D eigenvalue weighted by molar-refractivity contribution is 6.34. The molecule has 10 heteroatoms. The van der Waals surface area contributed by atoms with Gasteiger partial charge in [-0.2, -0.15) is 15.0 Å². The summed E-state index contributed by atoms with van der Waals surface area (Å²) >= 11 is 6.40. The van der Waals surface area contributed by atoms with E-state index in [-0.39, 0.29) is 34.9 Å². The van der Waals surface area contributed by atoms with Crippen LogP contribution >= 0.6 is 11.6 Å². The standard InChI is InChI=1S/C22H23ClN6O3/c1-14-7-8-15(32-21-19(23)17(9-10-25-21)20(24)31-2)13-28(14)22(30)16-5-3-4-6-18(16)29-26-11-12-27-29/h3-6,9-12,14-15,24H,7-8,13H2,1-2H3. The molecule has 32 heavy (non-hydrogen) atoms. The molecular weight excluding hydrogens is 432 g/mol. The number of carbonyl (C=O) groups excluding carboxylic acids is 1. The average molecular weight is 455 g/mol. The number of pyridine rings is 1. The molecule has 4 rings (SSSR count). The maximum atomic E-state index is 13.5. The predicted molar refractivity (Wildman–Crippen MR) is 119 cm³/mol. The van der Waals surface area contributed by atoms with Gasteiger partial charge in [0.15, 0.2) is 0 Å². The Morgan fingerprint density at radius 3 is 2.62 bits per heavy atom. The molecule has 1 aliphatic rings. The summed E-state index contributed by atoms with van der Waals surface area (Å²) in [6.45, 7) is 2.40. The molecule has 166 valence electrons. The van der Waals surface area contributed by atoms with Crippen molar-refractivity contribution in [2.75, 3.05) is 13.7 Å². The first-order valence-electron chi connectivity index (χ1n) is 10.2. The highest BCUT2D eigenvalue weighted by Gasteiger charge is 2.32. The van der Waals surface area contributed by atoms with Crippen molar-refractivity contribution in [2.45, 2.75) is 31.9 Å². The molecule has 0 bridgehead atoms. The summed E-state index contributed by atoms with van der Waals surface area (Å²) in [5.41, 5.74) is 1.54. The third-order valence-electron chi connectivity index (χ3n) is 5.45. The first-order chi connectivity index (χ1) is 15.5. The number of aromatic nitrogens is 4. The van der Waals surface area contributed by atoms with Gasteiger partial charge < -0.3 is 14.4 Å². The molecule has 1 N–H and O–H groups in total. The lowest BCUT2D eigenvalue weighted by atomic mass is 9.99. The summed E-state index contributed by atoms with van der Waals surface area (Å²) in [5.74, 6) is 0.0342. The fourth-order valence-corrected chi connectivity index (χ4v) is 3.97. The molecule has 2 atom stereocenters. The quantitative estimate of drug-likeness (QED) is 0.468. The number of amides is 1. The molecule has 2 aromatic heterocycles. The van der Waals surface area contributed by atoms with Crippen molar-refractivity contribution in [1.29, 1.82) is 5.41 Å². The van der Waals surface area contributed by atoms with E-state index in [0.29, 0.717) is 23.4 Å². The summed E-state index contributed by atoms with van der Waals surface area (Å²) in [6.07, 6.45) is 5.89. The summed E-state index contributed by atoms with van der Waals surface area (Å²) in [5, 5.41) is 16.4. The molecule has 1 saturated heterocycles. The molecule has 2 unspecified atom stereocenters. The van der Waals surface area contributed by atoms with E-state index in [0.717, 1.165) is 12.8 Å². The van der Waals surface area contributed by atoms with Crippen LogP contribution in [0.3, 0.4) is 0 Å². The Bertz CT molecular complexity index is 1120. The number of nitrogens with zero attached hydrogens (tertiary/aromatic N) is 5. The monoisotopic (exact) mass is 454 g/mol. The largest absolute Gasteiger partial charge is 0.481 e. The van der Waals surface area contributed by atoms with E-state index in [1.54, 1.807) is 29.4 Å². The minimum absolute atomic E-state index is 0.0393. The Kier molecular flexibility index (Phi) is 6.36. The van der Waals surface area contributed by atoms with E-state index in [4.69, 9.17) is 26.5 Å². The number of hydrogen-bond donors (Lipinski definition) is 1. The van der Waals surface area contributed by atoms with Gasteiger partial charge in [-0.1, -0.05) is 23.7 Å². The fourth-order valence-electron chi connectivity index (χ4n) is 3.73. The van der Waals surface area contributed by atoms with Crippen LogP contribution in [0.5, 0.6) is 5.88 Å². The van der Waals surface area contributed by atoms with E-state index in [2.05, 4.69) is 15.2 Å². The second-order valence-corrected chi connectivity index (χ2v) is 7.85. The Morgan fingerprint density at radius 1 is 1.12 bits per heavy atom. The van der Waals surface area contributed by atoms with Crippen LogP contribution in [-0.2, 0) is 4.74 Å². The fraction of sp³-hybridized carbons (Fsp3) is 0.318. The summed E-state index contributed by atoms with van der Waals surface area (Å²) in [7, 11) is 1.41. The van der Waals surface area contributed by atoms with E-state index < -0.39 is 0 Å². The maximum absolute atomic E-state index is 13.5. The van der Waals surface area contributed by atoms with Crippen molar-refractivity contribution >= 4 is 23.4 Å². The molecule has 1 aliphatic heterocycles. The van der Waals surface area contributed by atoms with Crippen molar-refractivity contribution < 1.29 is 14.3 Å². The number of carbonyl (C=O) groups is 1. The Balaban J connectivity index is 1.55. The van der Waals surface area contributed by atoms with E-state index >= 15 is 0 Å². The summed E-state index contributed by atoms with van der Waals surface area (Å²) in [4.78, 5) is 20.9. The molecule has 1 fully saturated rings. The molecule has 0 saturated carbocycles. The third-order valence-corrected chi connectivity index (χ3v) is 5.82. The molecule has 3 aromatic rings. The lowest BCUT2D eigenvalue weighted by Gasteiger charge is -2.38. The second-order valence-electron chi connectivity index (χ2n) is 7.47. The van der Waals surface area contributed by atoms with Gasteiger partial charge in [-0.15, -0.1) is 0 Å². The second kappa shape index (κ2) is 9.35. The minimum atomic E-state index is -0.290. The van der Waals surface area contributed by atoms with Gasteiger partial charge >= 0.3 is 0 Å². The number of halogens is 1. The van der Waals surface area contributed by atoms with Crippen LogP contribution in [-0.4, -0.2) is 62.5 Å². The number of ether oxygens (including phenoxy) is 2. The van der Waals surface area contributed by atoms with Gasteiger partial charge in [0.1, 0.15) is 11.1 Å². The number of piperidine rings is 1. The first kappa shape index (κ1) is 21.8. The molecule has 1 amide bonds. The maximum Gasteiger partial charge on any atom is 0.256 e. The van der Waals surface area contributed by atoms with Crippen molar-refractivity contribution in [1.82, 2.24) is 24.9 Å². The van der Waals surface area contributed by atoms with Crippen molar-refractivity contribution in [3.63, 3.8) is 0 Å². The zero-order chi connectivity index (χ0) is 22.7. The van der Waals surface area contributed by atoms with Gasteiger partial charge in [0.2, 0.25) is 11.8 Å². The number of nitrogens with one attached hydrogen (secondary N) is 1. The van der Waals surface area contributed by atoms with Crippen LogP contribution in [0.4, 0.5) is 0 Å². The van der Waals surface area contributed by atoms with Gasteiger partial charge in [-0.25, -0.2) is 4.98 Å². The van der Waals surface area contributed by atoms with Crippen molar-refractivity contribution in [2.24, 2.45) is 0 Å². The number of benzene rings is 1. The number of likely N-dealkylation sites (tertiary alicyclic amines) is 1. The number of methoxy groups -OCH3 is 1. The number of hydrogen-bond acceptors (Lipinski definition) is 7. The lowest BCUT2D eigenvalue weighted by molar-refractivity contribution is 0.0373. The van der Waals surface area contributed by atoms with E-state index in [1.807, 2.05) is 25.1 Å². The molecule has 0 radical (unpaired) electrons. The molecule has 9 nitrogen and oxygen atoms in total. The van der Waals surface area contributed by atoms with Crippen LogP contribution in [0.25, 0.3) is 5.69 Å². The van der Waals surface area contributed by atoms with Crippen LogP contribution in [0.1, 0.15) is 35.7 Å². The van der Waals surface area contributed by atoms with Crippen LogP contribution in [0, 0.1) is 5.41 Å². The first-order valence-corrected chi connectivity index (χ1v) is 10.6. The SMILES string of the molecule is COC(=N)c1ccnc(OC2CCC(C)N(C(=O)c3ccccc3-n3nccn3)C2)c1Cl. The van der Waals surface area contributed by atoms with E-state index in [1.165, 1.54) is 18.1 Å². The Morgan fingerprint density at radius 2 is 1.88 bits per heavy atom. The molecule has 0 aliphatic carbocycles. The third kappa shape index (κ3) is 4.29. The topological polar surface area (TPSA) is 106 Å². The smallest absolute Gasteiger partial charge is 0.256 e. The van der Waals surface area contributed by atoms with Gasteiger partial charge in [0.05, 0.1) is 42.9 Å². The van der Waals surface area contributed by atoms with Gasteiger partial charge in [0.25, 0.3) is 5.91 Å². The Hall–Kier alpha value is -3.46. The van der Waals surface area contributed by atoms with E-state index in [9.17, 15) is 4.79 Å². The Labute approximate surface area is 190 Å². The normalized spacial score (nSPS) is 18.3. The predicted octanol–water partition coefficient (Wildman–Crippen LogP) is 3.36. The average Bonchev–Trinajstić information content (AvgIpc) is 3.35. The van der Waals surface area contributed by atoms with Crippen molar-refractivity contribution in [3.8, 4) is 11.6 Å². The summed E-state index contributed by atoms with van der Waals surface area (Å²) < 4.78 is 11.0. The minimum Gasteiger partial charge on any atom is -0.481 e. The van der Waals surface area contributed by atoms with Crippen LogP contribution in [0.15, 0.2) is 48.9 Å². The lowest BCUT2D eigenvalue weighted by Crippen LogP contribution is -2.49. The van der Waals surface area contributed by atoms with Crippen molar-refractivity contribution in [3.05, 3.63) is 65.1 Å². The van der Waals surface area contributed by atoms with Crippen LogP contribution < -0.4 is 4.74 Å². The van der Waals surface area contributed by atoms with Gasteiger partial charge in [-0.05, 0) is 38.0 Å². The van der Waals surface area contributed by atoms with Gasteiger partial charge in [-0.3, -0.25) is 10.2 Å². The van der Waals surface area contributed by atoms with Crippen LogP contribution in [0.2, 0.25) is 5.02 Å². The number of rotatable bonds is 5. The summed E-state index contributed by atoms with van der Waals surface area (Å²) in [6, 6.07) is 8.89. The zero-order valence-electron chi connectivity index (χ0n) is 17.7. The molecule has 1 aromatic carbocycles. The molecule has 3 heterocycles. The molecule has 0 spiro atoms. The number of para-hydroxylation sites is 1. The highest BCUT2D eigenvalue weighted by atomic mass is 35.5. The molecular formula is C22H23ClN6O3.